The number of benzene rings is 2. The van der Waals surface area contributed by atoms with Gasteiger partial charge in [0.1, 0.15) is 11.6 Å². The fraction of sp³-hybridized carbons (Fsp3) is 0.263. The summed E-state index contributed by atoms with van der Waals surface area (Å²) in [6.45, 7) is 3.80. The predicted molar refractivity (Wildman–Crippen MR) is 91.1 cm³/mol. The molecule has 2 N–H and O–H groups in total. The van der Waals surface area contributed by atoms with Crippen molar-refractivity contribution < 1.29 is 23.8 Å². The molecule has 0 saturated carbocycles. The Kier molecular flexibility index (Phi) is 6.11. The van der Waals surface area contributed by atoms with Crippen molar-refractivity contribution in [3.63, 3.8) is 0 Å². The van der Waals surface area contributed by atoms with E-state index in [1.807, 2.05) is 13.8 Å². The highest BCUT2D eigenvalue weighted by Gasteiger charge is 2.20. The van der Waals surface area contributed by atoms with Crippen LogP contribution in [0.5, 0.6) is 5.75 Å². The number of amides is 1. The summed E-state index contributed by atoms with van der Waals surface area (Å²) in [4.78, 5) is 23.4. The van der Waals surface area contributed by atoms with Gasteiger partial charge in [-0.15, -0.1) is 0 Å². The van der Waals surface area contributed by atoms with E-state index < -0.39 is 23.7 Å². The topological polar surface area (TPSA) is 75.6 Å². The summed E-state index contributed by atoms with van der Waals surface area (Å²) in [5.41, 5.74) is 0.473. The third-order valence-corrected chi connectivity index (χ3v) is 3.46. The molecule has 0 bridgehead atoms. The second-order valence-corrected chi connectivity index (χ2v) is 5.84. The summed E-state index contributed by atoms with van der Waals surface area (Å²) < 4.78 is 19.3. The lowest BCUT2D eigenvalue weighted by Crippen LogP contribution is -2.30. The van der Waals surface area contributed by atoms with Gasteiger partial charge in [0, 0.05) is 0 Å². The molecular weight excluding hydrogens is 325 g/mol. The maximum Gasteiger partial charge on any atom is 0.305 e. The number of rotatable bonds is 7. The molecular formula is C19H20FNO4. The van der Waals surface area contributed by atoms with Crippen molar-refractivity contribution in [3.05, 3.63) is 65.5 Å². The molecule has 2 aromatic carbocycles. The lowest BCUT2D eigenvalue weighted by atomic mass is 10.0. The first kappa shape index (κ1) is 18.4. The molecule has 1 unspecified atom stereocenters. The average molecular weight is 345 g/mol. The minimum absolute atomic E-state index is 0.0152. The van der Waals surface area contributed by atoms with Crippen molar-refractivity contribution in [3.8, 4) is 5.75 Å². The maximum atomic E-state index is 13.7. The van der Waals surface area contributed by atoms with Crippen molar-refractivity contribution in [2.45, 2.75) is 32.4 Å². The van der Waals surface area contributed by atoms with Crippen molar-refractivity contribution >= 4 is 11.9 Å². The Hall–Kier alpha value is -2.89. The number of halogens is 1. The van der Waals surface area contributed by atoms with E-state index in [1.54, 1.807) is 30.3 Å². The molecule has 0 aliphatic heterocycles. The number of hydrogen-bond acceptors (Lipinski definition) is 3. The monoisotopic (exact) mass is 345 g/mol. The zero-order chi connectivity index (χ0) is 18.4. The maximum absolute atomic E-state index is 13.7. The quantitative estimate of drug-likeness (QED) is 0.804. The smallest absolute Gasteiger partial charge is 0.305 e. The molecule has 0 saturated heterocycles. The van der Waals surface area contributed by atoms with E-state index in [4.69, 9.17) is 9.84 Å². The zero-order valence-electron chi connectivity index (χ0n) is 14.0. The molecule has 0 spiro atoms. The van der Waals surface area contributed by atoms with Crippen LogP contribution < -0.4 is 10.1 Å². The molecule has 5 nitrogen and oxygen atoms in total. The van der Waals surface area contributed by atoms with Gasteiger partial charge in [-0.1, -0.05) is 24.3 Å². The highest BCUT2D eigenvalue weighted by molar-refractivity contribution is 5.94. The minimum Gasteiger partial charge on any atom is -0.491 e. The van der Waals surface area contributed by atoms with E-state index in [0.717, 1.165) is 0 Å². The number of carbonyl (C=O) groups is 2. The Morgan fingerprint density at radius 2 is 1.76 bits per heavy atom. The van der Waals surface area contributed by atoms with E-state index in [2.05, 4.69) is 5.32 Å². The summed E-state index contributed by atoms with van der Waals surface area (Å²) in [6.07, 6.45) is -0.300. The molecule has 1 amide bonds. The van der Waals surface area contributed by atoms with E-state index >= 15 is 0 Å². The molecule has 2 rings (SSSR count). The summed E-state index contributed by atoms with van der Waals surface area (Å²) >= 11 is 0. The van der Waals surface area contributed by atoms with Gasteiger partial charge in [0.05, 0.1) is 24.1 Å². The second-order valence-electron chi connectivity index (χ2n) is 5.84. The van der Waals surface area contributed by atoms with Gasteiger partial charge in [-0.3, -0.25) is 9.59 Å². The fourth-order valence-corrected chi connectivity index (χ4v) is 2.36. The normalized spacial score (nSPS) is 11.8. The van der Waals surface area contributed by atoms with E-state index in [9.17, 15) is 14.0 Å². The van der Waals surface area contributed by atoms with Crippen LogP contribution in [0.2, 0.25) is 0 Å². The minimum atomic E-state index is -1.07. The standard InChI is InChI=1S/C19H20FNO4/c1-12(2)25-14-9-7-13(8-10-14)17(11-18(22)23)21-19(24)15-5-3-4-6-16(15)20/h3-10,12,17H,11H2,1-2H3,(H,21,24)(H,22,23). The molecule has 0 fully saturated rings. The third-order valence-electron chi connectivity index (χ3n) is 3.46. The van der Waals surface area contributed by atoms with Crippen molar-refractivity contribution in [2.75, 3.05) is 0 Å². The van der Waals surface area contributed by atoms with E-state index in [1.165, 1.54) is 18.2 Å². The van der Waals surface area contributed by atoms with Gasteiger partial charge < -0.3 is 15.2 Å². The van der Waals surface area contributed by atoms with Gasteiger partial charge in [-0.2, -0.15) is 0 Å². The summed E-state index contributed by atoms with van der Waals surface area (Å²) in [7, 11) is 0. The largest absolute Gasteiger partial charge is 0.491 e. The zero-order valence-corrected chi connectivity index (χ0v) is 14.0. The third kappa shape index (κ3) is 5.31. The molecule has 25 heavy (non-hydrogen) atoms. The van der Waals surface area contributed by atoms with Crippen molar-refractivity contribution in [2.24, 2.45) is 0 Å². The molecule has 6 heteroatoms. The van der Waals surface area contributed by atoms with Gasteiger partial charge in [0.2, 0.25) is 0 Å². The number of aliphatic carboxylic acids is 1. The number of carbonyl (C=O) groups excluding carboxylic acids is 1. The molecule has 2 aromatic rings. The lowest BCUT2D eigenvalue weighted by molar-refractivity contribution is -0.137. The molecule has 0 aliphatic carbocycles. The molecule has 0 radical (unpaired) electrons. The molecule has 1 atom stereocenters. The van der Waals surface area contributed by atoms with Gasteiger partial charge in [-0.05, 0) is 43.7 Å². The van der Waals surface area contributed by atoms with Crippen LogP contribution in [0.4, 0.5) is 4.39 Å². The van der Waals surface area contributed by atoms with Crippen LogP contribution in [0.3, 0.4) is 0 Å². The number of ether oxygens (including phenoxy) is 1. The Labute approximate surface area is 145 Å². The second kappa shape index (κ2) is 8.28. The lowest BCUT2D eigenvalue weighted by Gasteiger charge is -2.18. The number of nitrogens with one attached hydrogen (secondary N) is 1. The van der Waals surface area contributed by atoms with Crippen LogP contribution in [0, 0.1) is 5.82 Å². The summed E-state index contributed by atoms with van der Waals surface area (Å²) in [5, 5.41) is 11.7. The van der Waals surface area contributed by atoms with Gasteiger partial charge in [0.25, 0.3) is 5.91 Å². The molecule has 0 aromatic heterocycles. The molecule has 132 valence electrons. The van der Waals surface area contributed by atoms with Crippen molar-refractivity contribution in [1.82, 2.24) is 5.32 Å². The number of carboxylic acids is 1. The summed E-state index contributed by atoms with van der Waals surface area (Å²) in [5.74, 6) is -1.74. The Bertz CT molecular complexity index is 743. The first-order chi connectivity index (χ1) is 11.9. The van der Waals surface area contributed by atoms with Crippen molar-refractivity contribution in [1.29, 1.82) is 0 Å². The number of carboxylic acid groups (broad SMARTS) is 1. The molecule has 0 heterocycles. The van der Waals surface area contributed by atoms with Crippen LogP contribution >= 0.6 is 0 Å². The van der Waals surface area contributed by atoms with E-state index in [-0.39, 0.29) is 18.1 Å². The van der Waals surface area contributed by atoms with Crippen LogP contribution in [-0.2, 0) is 4.79 Å². The van der Waals surface area contributed by atoms with E-state index in [0.29, 0.717) is 11.3 Å². The fourth-order valence-electron chi connectivity index (χ4n) is 2.36. The first-order valence-corrected chi connectivity index (χ1v) is 7.90. The van der Waals surface area contributed by atoms with Crippen LogP contribution in [0.25, 0.3) is 0 Å². The van der Waals surface area contributed by atoms with Crippen LogP contribution in [0.15, 0.2) is 48.5 Å². The molecule has 0 aliphatic rings. The van der Waals surface area contributed by atoms with Gasteiger partial charge in [-0.25, -0.2) is 4.39 Å². The van der Waals surface area contributed by atoms with Gasteiger partial charge >= 0.3 is 5.97 Å². The van der Waals surface area contributed by atoms with Gasteiger partial charge in [0.15, 0.2) is 0 Å². The van der Waals surface area contributed by atoms with Crippen LogP contribution in [0.1, 0.15) is 42.2 Å². The highest BCUT2D eigenvalue weighted by atomic mass is 19.1. The SMILES string of the molecule is CC(C)Oc1ccc(C(CC(=O)O)NC(=O)c2ccccc2F)cc1. The highest BCUT2D eigenvalue weighted by Crippen LogP contribution is 2.22. The average Bonchev–Trinajstić information content (AvgIpc) is 2.54. The Morgan fingerprint density at radius 1 is 1.12 bits per heavy atom. The summed E-state index contributed by atoms with van der Waals surface area (Å²) in [6, 6.07) is 11.6. The predicted octanol–water partition coefficient (Wildman–Crippen LogP) is 3.56. The first-order valence-electron chi connectivity index (χ1n) is 7.90. The number of hydrogen-bond donors (Lipinski definition) is 2. The Morgan fingerprint density at radius 3 is 2.32 bits per heavy atom. The Balaban J connectivity index is 2.20. The van der Waals surface area contributed by atoms with Crippen LogP contribution in [-0.4, -0.2) is 23.1 Å².